The van der Waals surface area contributed by atoms with Crippen molar-refractivity contribution in [1.82, 2.24) is 5.32 Å². The summed E-state index contributed by atoms with van der Waals surface area (Å²) in [5.41, 5.74) is 0. The van der Waals surface area contributed by atoms with Crippen molar-refractivity contribution in [3.05, 3.63) is 60.8 Å². The number of rotatable bonds is 63. The van der Waals surface area contributed by atoms with E-state index in [0.717, 1.165) is 44.9 Å². The van der Waals surface area contributed by atoms with Gasteiger partial charge < -0.3 is 15.5 Å². The lowest BCUT2D eigenvalue weighted by atomic mass is 10.0. The molecule has 0 aliphatic heterocycles. The molecule has 440 valence electrons. The Bertz CT molecular complexity index is 1230. The monoisotopic (exact) mass is 1050 g/mol. The highest BCUT2D eigenvalue weighted by Gasteiger charge is 2.18. The quantitative estimate of drug-likeness (QED) is 0.0420. The molecule has 0 aliphatic rings. The number of carbonyl (C=O) groups excluding carboxylic acids is 1. The Labute approximate surface area is 470 Å². The van der Waals surface area contributed by atoms with Crippen molar-refractivity contribution in [2.75, 3.05) is 6.61 Å². The van der Waals surface area contributed by atoms with Gasteiger partial charge in [-0.1, -0.05) is 344 Å². The molecule has 0 saturated carbocycles. The first kappa shape index (κ1) is 73.1. The van der Waals surface area contributed by atoms with Crippen LogP contribution >= 0.6 is 0 Å². The Morgan fingerprint density at radius 3 is 0.853 bits per heavy atom. The predicted octanol–water partition coefficient (Wildman–Crippen LogP) is 23.1. The first-order valence-electron chi connectivity index (χ1n) is 34.0. The highest BCUT2D eigenvalue weighted by molar-refractivity contribution is 5.76. The number of nitrogens with one attached hydrogen (secondary N) is 1. The molecule has 0 spiro atoms. The Hall–Kier alpha value is -1.91. The zero-order valence-electron chi connectivity index (χ0n) is 50.8. The number of hydrogen-bond acceptors (Lipinski definition) is 3. The van der Waals surface area contributed by atoms with Gasteiger partial charge in [0.2, 0.25) is 5.91 Å². The molecule has 0 aromatic rings. The van der Waals surface area contributed by atoms with Crippen molar-refractivity contribution in [2.24, 2.45) is 0 Å². The average Bonchev–Trinajstić information content (AvgIpc) is 3.41. The van der Waals surface area contributed by atoms with Crippen LogP contribution in [-0.2, 0) is 4.79 Å². The molecule has 0 saturated heterocycles. The van der Waals surface area contributed by atoms with E-state index in [9.17, 15) is 15.0 Å². The number of unbranched alkanes of at least 4 members (excludes halogenated alkanes) is 48. The molecule has 1 amide bonds. The van der Waals surface area contributed by atoms with E-state index in [-0.39, 0.29) is 12.5 Å². The van der Waals surface area contributed by atoms with Crippen LogP contribution in [0.3, 0.4) is 0 Å². The standard InChI is InChI=1S/C71H133NO3/c1-3-5-7-9-11-13-15-17-19-21-23-25-27-29-31-33-34-35-36-37-38-39-41-43-45-47-49-51-53-55-57-59-61-63-65-67-71(75)72-69(68-73)70(74)66-64-62-60-58-56-54-52-50-48-46-44-42-40-32-30-28-26-24-22-20-18-16-14-12-10-8-6-4-2/h15,17,21,23,48,50,56,58,64,66,69-70,73-74H,3-14,16,18-20,22,24-47,49,51-55,57,59-63,65,67-68H2,1-2H3,(H,72,75)/b17-15-,23-21-,50-48+,58-56+,66-64+. The summed E-state index contributed by atoms with van der Waals surface area (Å²) in [7, 11) is 0. The molecular formula is C71H133NO3. The number of aliphatic hydroxyl groups excluding tert-OH is 2. The zero-order valence-corrected chi connectivity index (χ0v) is 50.8. The molecule has 0 rings (SSSR count). The molecule has 0 bridgehead atoms. The van der Waals surface area contributed by atoms with E-state index >= 15 is 0 Å². The van der Waals surface area contributed by atoms with E-state index in [0.29, 0.717) is 6.42 Å². The molecule has 2 atom stereocenters. The molecule has 0 aromatic heterocycles. The smallest absolute Gasteiger partial charge is 0.220 e. The van der Waals surface area contributed by atoms with Gasteiger partial charge in [-0.3, -0.25) is 4.79 Å². The fraction of sp³-hybridized carbons (Fsp3) is 0.845. The Morgan fingerprint density at radius 1 is 0.320 bits per heavy atom. The third-order valence-corrected chi connectivity index (χ3v) is 15.7. The van der Waals surface area contributed by atoms with Crippen molar-refractivity contribution in [3.63, 3.8) is 0 Å². The van der Waals surface area contributed by atoms with Gasteiger partial charge in [0.1, 0.15) is 0 Å². The number of aliphatic hydroxyl groups is 2. The first-order chi connectivity index (χ1) is 37.2. The molecule has 0 aromatic carbocycles. The molecule has 0 aliphatic carbocycles. The van der Waals surface area contributed by atoms with Crippen LogP contribution in [0.5, 0.6) is 0 Å². The number of amides is 1. The minimum Gasteiger partial charge on any atom is -0.394 e. The summed E-state index contributed by atoms with van der Waals surface area (Å²) in [6.07, 6.45) is 94.5. The van der Waals surface area contributed by atoms with Crippen LogP contribution in [0.1, 0.15) is 367 Å². The van der Waals surface area contributed by atoms with Crippen LogP contribution in [0.25, 0.3) is 0 Å². The second-order valence-electron chi connectivity index (χ2n) is 23.2. The van der Waals surface area contributed by atoms with Gasteiger partial charge in [-0.15, -0.1) is 0 Å². The van der Waals surface area contributed by atoms with Crippen molar-refractivity contribution in [3.8, 4) is 0 Å². The lowest BCUT2D eigenvalue weighted by Crippen LogP contribution is -2.45. The minimum atomic E-state index is -0.872. The van der Waals surface area contributed by atoms with E-state index < -0.39 is 12.1 Å². The van der Waals surface area contributed by atoms with Gasteiger partial charge >= 0.3 is 0 Å². The maximum Gasteiger partial charge on any atom is 0.220 e. The van der Waals surface area contributed by atoms with Crippen LogP contribution in [0, 0.1) is 0 Å². The average molecular weight is 1050 g/mol. The molecule has 4 heteroatoms. The molecule has 0 radical (unpaired) electrons. The summed E-state index contributed by atoms with van der Waals surface area (Å²) in [6, 6.07) is -0.647. The van der Waals surface area contributed by atoms with Crippen molar-refractivity contribution >= 4 is 5.91 Å². The van der Waals surface area contributed by atoms with Crippen LogP contribution < -0.4 is 5.32 Å². The third kappa shape index (κ3) is 62.8. The lowest BCUT2D eigenvalue weighted by molar-refractivity contribution is -0.123. The summed E-state index contributed by atoms with van der Waals surface area (Å²) < 4.78 is 0. The Morgan fingerprint density at radius 2 is 0.560 bits per heavy atom. The highest BCUT2D eigenvalue weighted by Crippen LogP contribution is 2.18. The molecule has 75 heavy (non-hydrogen) atoms. The van der Waals surface area contributed by atoms with Crippen LogP contribution in [0.15, 0.2) is 60.8 Å². The fourth-order valence-corrected chi connectivity index (χ4v) is 10.5. The normalized spacial score (nSPS) is 13.1. The van der Waals surface area contributed by atoms with Crippen LogP contribution in [0.4, 0.5) is 0 Å². The molecule has 0 heterocycles. The fourth-order valence-electron chi connectivity index (χ4n) is 10.5. The molecule has 3 N–H and O–H groups in total. The van der Waals surface area contributed by atoms with Gasteiger partial charge in [0.15, 0.2) is 0 Å². The molecule has 2 unspecified atom stereocenters. The van der Waals surface area contributed by atoms with Gasteiger partial charge in [-0.25, -0.2) is 0 Å². The van der Waals surface area contributed by atoms with E-state index in [1.54, 1.807) is 6.08 Å². The minimum absolute atomic E-state index is 0.0719. The Balaban J connectivity index is 3.48. The molecule has 4 nitrogen and oxygen atoms in total. The van der Waals surface area contributed by atoms with Gasteiger partial charge in [-0.2, -0.15) is 0 Å². The second kappa shape index (κ2) is 66.4. The Kier molecular flexibility index (Phi) is 64.7. The third-order valence-electron chi connectivity index (χ3n) is 15.7. The maximum atomic E-state index is 12.5. The second-order valence-corrected chi connectivity index (χ2v) is 23.2. The van der Waals surface area contributed by atoms with Crippen LogP contribution in [0.2, 0.25) is 0 Å². The maximum absolute atomic E-state index is 12.5. The van der Waals surface area contributed by atoms with Gasteiger partial charge in [0, 0.05) is 6.42 Å². The predicted molar refractivity (Wildman–Crippen MR) is 336 cm³/mol. The summed E-state index contributed by atoms with van der Waals surface area (Å²) >= 11 is 0. The summed E-state index contributed by atoms with van der Waals surface area (Å²) in [5.74, 6) is -0.0719. The van der Waals surface area contributed by atoms with E-state index in [2.05, 4.69) is 67.8 Å². The van der Waals surface area contributed by atoms with Crippen molar-refractivity contribution < 1.29 is 15.0 Å². The largest absolute Gasteiger partial charge is 0.394 e. The van der Waals surface area contributed by atoms with Gasteiger partial charge in [-0.05, 0) is 77.0 Å². The van der Waals surface area contributed by atoms with Crippen molar-refractivity contribution in [1.29, 1.82) is 0 Å². The summed E-state index contributed by atoms with van der Waals surface area (Å²) in [4.78, 5) is 12.5. The molecular weight excluding hydrogens is 915 g/mol. The molecule has 0 fully saturated rings. The number of allylic oxidation sites excluding steroid dienone is 9. The number of hydrogen-bond donors (Lipinski definition) is 3. The van der Waals surface area contributed by atoms with Crippen LogP contribution in [-0.4, -0.2) is 34.9 Å². The summed E-state index contributed by atoms with van der Waals surface area (Å²) in [5, 5.41) is 23.2. The highest BCUT2D eigenvalue weighted by atomic mass is 16.3. The first-order valence-corrected chi connectivity index (χ1v) is 34.0. The van der Waals surface area contributed by atoms with Crippen molar-refractivity contribution in [2.45, 2.75) is 379 Å². The number of carbonyl (C=O) groups is 1. The van der Waals surface area contributed by atoms with E-state index in [1.807, 2.05) is 6.08 Å². The van der Waals surface area contributed by atoms with E-state index in [4.69, 9.17) is 0 Å². The summed E-state index contributed by atoms with van der Waals surface area (Å²) in [6.45, 7) is 4.32. The van der Waals surface area contributed by atoms with E-state index in [1.165, 1.54) is 302 Å². The van der Waals surface area contributed by atoms with Gasteiger partial charge in [0.05, 0.1) is 18.8 Å². The SMILES string of the molecule is CCCCCCC/C=C\C/C=C\CCCCCCCCCCCCCCCCCCCCCCCCCC(=O)NC(CO)C(O)/C=C/CC/C=C/CC/C=C/CCCCCCCCCCCCCCCCCCCC. The topological polar surface area (TPSA) is 69.6 Å². The van der Waals surface area contributed by atoms with Gasteiger partial charge in [0.25, 0.3) is 0 Å². The zero-order chi connectivity index (χ0) is 54.1. The lowest BCUT2D eigenvalue weighted by Gasteiger charge is -2.19.